The molecule has 5 N–H and O–H groups in total. The van der Waals surface area contributed by atoms with Crippen LogP contribution in [0.1, 0.15) is 11.3 Å². The third-order valence-corrected chi connectivity index (χ3v) is 2.55. The molecule has 0 fully saturated rings. The first-order valence-electron chi connectivity index (χ1n) is 6.44. The SMILES string of the molecule is CN.N=C/C(N)=C/C(=NCc1ccccc1F)c1ccon1. The van der Waals surface area contributed by atoms with Gasteiger partial charge in [-0.2, -0.15) is 0 Å². The lowest BCUT2D eigenvalue weighted by Gasteiger charge is -2.01. The molecule has 0 unspecified atom stereocenters. The van der Waals surface area contributed by atoms with Gasteiger partial charge in [0.15, 0.2) is 0 Å². The Morgan fingerprint density at radius 2 is 2.09 bits per heavy atom. The number of nitrogens with two attached hydrogens (primary N) is 2. The Labute approximate surface area is 127 Å². The average Bonchev–Trinajstić information content (AvgIpc) is 3.08. The molecule has 0 aliphatic rings. The molecule has 0 bridgehead atoms. The Morgan fingerprint density at radius 3 is 2.68 bits per heavy atom. The number of hydrogen-bond acceptors (Lipinski definition) is 6. The highest BCUT2D eigenvalue weighted by molar-refractivity contribution is 6.09. The Bertz CT molecular complexity index is 650. The Balaban J connectivity index is 0.00000116. The predicted octanol–water partition coefficient (Wildman–Crippen LogP) is 1.87. The van der Waals surface area contributed by atoms with Crippen LogP contribution in [0.3, 0.4) is 0 Å². The number of aliphatic imine (C=N–C) groups is 1. The summed E-state index contributed by atoms with van der Waals surface area (Å²) in [7, 11) is 1.50. The molecule has 1 aromatic heterocycles. The number of allylic oxidation sites excluding steroid dienone is 2. The Morgan fingerprint density at radius 1 is 1.36 bits per heavy atom. The highest BCUT2D eigenvalue weighted by Gasteiger charge is 2.06. The number of halogens is 1. The summed E-state index contributed by atoms with van der Waals surface area (Å²) in [4.78, 5) is 4.28. The third kappa shape index (κ3) is 4.95. The van der Waals surface area contributed by atoms with Gasteiger partial charge in [0.05, 0.1) is 18.0 Å². The summed E-state index contributed by atoms with van der Waals surface area (Å²) in [6.07, 6.45) is 3.90. The van der Waals surface area contributed by atoms with Crippen molar-refractivity contribution in [2.75, 3.05) is 7.05 Å². The molecule has 2 rings (SSSR count). The van der Waals surface area contributed by atoms with E-state index < -0.39 is 0 Å². The van der Waals surface area contributed by atoms with Crippen LogP contribution in [0.25, 0.3) is 0 Å². The predicted molar refractivity (Wildman–Crippen MR) is 84.3 cm³/mol. The topological polar surface area (TPSA) is 114 Å². The van der Waals surface area contributed by atoms with Gasteiger partial charge in [-0.05, 0) is 19.2 Å². The van der Waals surface area contributed by atoms with Crippen LogP contribution in [0.15, 0.2) is 57.9 Å². The maximum absolute atomic E-state index is 13.5. The summed E-state index contributed by atoms with van der Waals surface area (Å²) in [6, 6.07) is 8.01. The van der Waals surface area contributed by atoms with E-state index >= 15 is 0 Å². The van der Waals surface area contributed by atoms with Crippen molar-refractivity contribution < 1.29 is 8.91 Å². The zero-order valence-electron chi connectivity index (χ0n) is 12.2. The van der Waals surface area contributed by atoms with Gasteiger partial charge >= 0.3 is 0 Å². The van der Waals surface area contributed by atoms with Gasteiger partial charge < -0.3 is 21.4 Å². The van der Waals surface area contributed by atoms with E-state index in [0.717, 1.165) is 6.21 Å². The van der Waals surface area contributed by atoms with Gasteiger partial charge in [-0.1, -0.05) is 23.4 Å². The third-order valence-electron chi connectivity index (χ3n) is 2.55. The van der Waals surface area contributed by atoms with E-state index in [1.165, 1.54) is 25.5 Å². The molecule has 0 atom stereocenters. The van der Waals surface area contributed by atoms with Crippen LogP contribution < -0.4 is 11.5 Å². The number of benzene rings is 1. The van der Waals surface area contributed by atoms with E-state index in [9.17, 15) is 4.39 Å². The normalized spacial score (nSPS) is 11.6. The van der Waals surface area contributed by atoms with Crippen LogP contribution in [-0.4, -0.2) is 24.1 Å². The lowest BCUT2D eigenvalue weighted by atomic mass is 10.2. The summed E-state index contributed by atoms with van der Waals surface area (Å²) in [6.45, 7) is 0.149. The van der Waals surface area contributed by atoms with Crippen molar-refractivity contribution in [2.24, 2.45) is 16.5 Å². The lowest BCUT2D eigenvalue weighted by Crippen LogP contribution is -2.06. The van der Waals surface area contributed by atoms with Crippen LogP contribution in [0.4, 0.5) is 4.39 Å². The van der Waals surface area contributed by atoms with E-state index in [1.807, 2.05) is 0 Å². The fraction of sp³-hybridized carbons (Fsp3) is 0.133. The highest BCUT2D eigenvalue weighted by atomic mass is 19.1. The second-order valence-electron chi connectivity index (χ2n) is 3.97. The summed E-state index contributed by atoms with van der Waals surface area (Å²) in [5.41, 5.74) is 11.7. The highest BCUT2D eigenvalue weighted by Crippen LogP contribution is 2.09. The van der Waals surface area contributed by atoms with Crippen LogP contribution in [0.5, 0.6) is 0 Å². The summed E-state index contributed by atoms with van der Waals surface area (Å²) in [5.74, 6) is -0.320. The van der Waals surface area contributed by atoms with Crippen LogP contribution >= 0.6 is 0 Å². The zero-order chi connectivity index (χ0) is 16.4. The van der Waals surface area contributed by atoms with Crippen molar-refractivity contribution in [3.05, 3.63) is 65.4 Å². The lowest BCUT2D eigenvalue weighted by molar-refractivity contribution is 0.418. The first-order chi connectivity index (χ1) is 10.7. The molecule has 116 valence electrons. The second kappa shape index (κ2) is 9.19. The molecule has 0 aliphatic carbocycles. The van der Waals surface area contributed by atoms with Crippen molar-refractivity contribution in [1.29, 1.82) is 5.41 Å². The van der Waals surface area contributed by atoms with Crippen LogP contribution in [-0.2, 0) is 6.54 Å². The quantitative estimate of drug-likeness (QED) is 0.731. The largest absolute Gasteiger partial charge is 0.397 e. The standard InChI is InChI=1S/C14H13FN4O.CH5N/c15-12-4-2-1-3-10(12)9-18-14(7-11(17)8-16)13-5-6-20-19-13;1-2/h1-8,16H,9,17H2;2H2,1H3/b11-7-,16-8?,18-14?;. The van der Waals surface area contributed by atoms with Crippen molar-refractivity contribution in [3.63, 3.8) is 0 Å². The number of nitrogens with zero attached hydrogens (tertiary/aromatic N) is 2. The van der Waals surface area contributed by atoms with E-state index in [1.54, 1.807) is 24.3 Å². The minimum absolute atomic E-state index is 0.149. The van der Waals surface area contributed by atoms with Gasteiger partial charge in [0, 0.05) is 17.8 Å². The average molecular weight is 303 g/mol. The Hall–Kier alpha value is -2.80. The second-order valence-corrected chi connectivity index (χ2v) is 3.97. The van der Waals surface area contributed by atoms with E-state index in [2.05, 4.69) is 15.9 Å². The fourth-order valence-electron chi connectivity index (χ4n) is 1.54. The van der Waals surface area contributed by atoms with Crippen LogP contribution in [0.2, 0.25) is 0 Å². The van der Waals surface area contributed by atoms with Crippen molar-refractivity contribution in [3.8, 4) is 0 Å². The molecule has 0 saturated carbocycles. The van der Waals surface area contributed by atoms with Gasteiger partial charge in [0.1, 0.15) is 17.8 Å². The number of nitrogens with one attached hydrogen (secondary N) is 1. The summed E-state index contributed by atoms with van der Waals surface area (Å²) < 4.78 is 18.3. The molecule has 7 heteroatoms. The van der Waals surface area contributed by atoms with Gasteiger partial charge in [0.25, 0.3) is 0 Å². The fourth-order valence-corrected chi connectivity index (χ4v) is 1.54. The van der Waals surface area contributed by atoms with E-state index in [0.29, 0.717) is 17.0 Å². The monoisotopic (exact) mass is 303 g/mol. The van der Waals surface area contributed by atoms with Crippen LogP contribution in [0, 0.1) is 11.2 Å². The minimum atomic E-state index is -0.320. The van der Waals surface area contributed by atoms with E-state index in [4.69, 9.17) is 15.7 Å². The molecule has 2 aromatic rings. The Kier molecular flexibility index (Phi) is 7.21. The molecule has 22 heavy (non-hydrogen) atoms. The molecular weight excluding hydrogens is 285 g/mol. The molecular formula is C15H18FN5O. The number of rotatable bonds is 5. The first-order valence-corrected chi connectivity index (χ1v) is 6.44. The van der Waals surface area contributed by atoms with Gasteiger partial charge in [-0.25, -0.2) is 4.39 Å². The maximum atomic E-state index is 13.5. The molecule has 1 aromatic carbocycles. The molecule has 0 spiro atoms. The summed E-state index contributed by atoms with van der Waals surface area (Å²) >= 11 is 0. The zero-order valence-corrected chi connectivity index (χ0v) is 12.2. The number of aromatic nitrogens is 1. The maximum Gasteiger partial charge on any atom is 0.131 e. The molecule has 0 amide bonds. The van der Waals surface area contributed by atoms with Gasteiger partial charge in [-0.15, -0.1) is 0 Å². The minimum Gasteiger partial charge on any atom is -0.397 e. The van der Waals surface area contributed by atoms with Gasteiger partial charge in [0.2, 0.25) is 0 Å². The van der Waals surface area contributed by atoms with Crippen molar-refractivity contribution in [2.45, 2.75) is 6.54 Å². The van der Waals surface area contributed by atoms with Crippen molar-refractivity contribution >= 4 is 11.9 Å². The number of hydrogen-bond donors (Lipinski definition) is 3. The molecule has 0 aliphatic heterocycles. The molecule has 6 nitrogen and oxygen atoms in total. The smallest absolute Gasteiger partial charge is 0.131 e. The molecule has 1 heterocycles. The van der Waals surface area contributed by atoms with Crippen molar-refractivity contribution in [1.82, 2.24) is 5.16 Å². The molecule has 0 radical (unpaired) electrons. The molecule has 0 saturated heterocycles. The first kappa shape index (κ1) is 17.3. The van der Waals surface area contributed by atoms with E-state index in [-0.39, 0.29) is 18.1 Å². The summed E-state index contributed by atoms with van der Waals surface area (Å²) in [5, 5.41) is 10.8. The van der Waals surface area contributed by atoms with Gasteiger partial charge in [-0.3, -0.25) is 4.99 Å².